The Morgan fingerprint density at radius 2 is 1.39 bits per heavy atom. The van der Waals surface area contributed by atoms with Gasteiger partial charge in [-0.05, 0) is 36.4 Å². The lowest BCUT2D eigenvalue weighted by atomic mass is 10.1. The zero-order chi connectivity index (χ0) is 22.3. The molecule has 31 heavy (non-hydrogen) atoms. The van der Waals surface area contributed by atoms with Crippen LogP contribution in [0.25, 0.3) is 0 Å². The molecule has 160 valence electrons. The molecule has 0 unspecified atom stereocenters. The van der Waals surface area contributed by atoms with Crippen molar-refractivity contribution in [1.29, 1.82) is 0 Å². The molecule has 2 amide bonds. The summed E-state index contributed by atoms with van der Waals surface area (Å²) >= 11 is 0. The topological polar surface area (TPSA) is 79.5 Å². The first kappa shape index (κ1) is 21.7. The number of para-hydroxylation sites is 4. The highest BCUT2D eigenvalue weighted by molar-refractivity contribution is 6.10. The summed E-state index contributed by atoms with van der Waals surface area (Å²) in [4.78, 5) is 24.9. The van der Waals surface area contributed by atoms with E-state index in [2.05, 4.69) is 20.7 Å². The second kappa shape index (κ2) is 9.66. The van der Waals surface area contributed by atoms with E-state index < -0.39 is 23.9 Å². The summed E-state index contributed by atoms with van der Waals surface area (Å²) in [7, 11) is 0. The Hall–Kier alpha value is -4.01. The first-order valence-corrected chi connectivity index (χ1v) is 9.16. The van der Waals surface area contributed by atoms with E-state index in [1.165, 1.54) is 18.2 Å². The lowest BCUT2D eigenvalue weighted by Crippen LogP contribution is -2.24. The fraction of sp³-hybridized carbons (Fsp3) is 0.0909. The molecule has 0 fully saturated rings. The smallest absolute Gasteiger partial charge is 0.404 e. The Morgan fingerprint density at radius 1 is 0.774 bits per heavy atom. The summed E-state index contributed by atoms with van der Waals surface area (Å²) in [5.41, 5.74) is 1.10. The standard InChI is InChI=1S/C22H18F3N3O3/c23-22(24,25)31-19-13-7-6-12-18(19)26-14-20(29)28-17-11-5-4-10-16(17)21(30)27-15-8-2-1-3-9-15/h1-13,26H,14H2,(H,27,30)(H,28,29). The Labute approximate surface area is 176 Å². The third kappa shape index (κ3) is 6.49. The third-order valence-electron chi connectivity index (χ3n) is 4.03. The van der Waals surface area contributed by atoms with E-state index in [0.29, 0.717) is 5.69 Å². The number of benzene rings is 3. The zero-order valence-corrected chi connectivity index (χ0v) is 16.1. The number of halogens is 3. The molecule has 3 aromatic rings. The van der Waals surface area contributed by atoms with E-state index >= 15 is 0 Å². The second-order valence-electron chi connectivity index (χ2n) is 6.31. The van der Waals surface area contributed by atoms with Crippen LogP contribution >= 0.6 is 0 Å². The van der Waals surface area contributed by atoms with Crippen molar-refractivity contribution in [3.63, 3.8) is 0 Å². The van der Waals surface area contributed by atoms with Gasteiger partial charge in [-0.2, -0.15) is 0 Å². The molecule has 0 aliphatic heterocycles. The van der Waals surface area contributed by atoms with Crippen LogP contribution in [0.2, 0.25) is 0 Å². The van der Waals surface area contributed by atoms with E-state index in [4.69, 9.17) is 0 Å². The average molecular weight is 429 g/mol. The molecule has 0 saturated heterocycles. The van der Waals surface area contributed by atoms with Crippen LogP contribution in [0, 0.1) is 0 Å². The number of carbonyl (C=O) groups excluding carboxylic acids is 2. The Kier molecular flexibility index (Phi) is 6.76. The van der Waals surface area contributed by atoms with Crippen molar-refractivity contribution in [1.82, 2.24) is 0 Å². The minimum absolute atomic E-state index is 0.00470. The number of rotatable bonds is 7. The highest BCUT2D eigenvalue weighted by Gasteiger charge is 2.32. The molecular formula is C22H18F3N3O3. The van der Waals surface area contributed by atoms with Crippen molar-refractivity contribution in [2.24, 2.45) is 0 Å². The maximum absolute atomic E-state index is 12.6. The van der Waals surface area contributed by atoms with Crippen molar-refractivity contribution >= 4 is 28.9 Å². The molecule has 0 bridgehead atoms. The number of hydrogen-bond acceptors (Lipinski definition) is 4. The SMILES string of the molecule is O=C(CNc1ccccc1OC(F)(F)F)Nc1ccccc1C(=O)Nc1ccccc1. The van der Waals surface area contributed by atoms with Crippen LogP contribution in [0.4, 0.5) is 30.2 Å². The van der Waals surface area contributed by atoms with Gasteiger partial charge in [0.25, 0.3) is 5.91 Å². The first-order valence-electron chi connectivity index (χ1n) is 9.16. The molecule has 0 atom stereocenters. The van der Waals surface area contributed by atoms with Crippen LogP contribution in [0.15, 0.2) is 78.9 Å². The summed E-state index contributed by atoms with van der Waals surface area (Å²) in [5.74, 6) is -1.42. The van der Waals surface area contributed by atoms with Crippen LogP contribution in [0.1, 0.15) is 10.4 Å². The van der Waals surface area contributed by atoms with Crippen LogP contribution in [0.3, 0.4) is 0 Å². The number of anilines is 3. The molecule has 3 N–H and O–H groups in total. The van der Waals surface area contributed by atoms with E-state index in [0.717, 1.165) is 6.07 Å². The average Bonchev–Trinajstić information content (AvgIpc) is 2.73. The second-order valence-corrected chi connectivity index (χ2v) is 6.31. The lowest BCUT2D eigenvalue weighted by molar-refractivity contribution is -0.274. The number of carbonyl (C=O) groups is 2. The number of alkyl halides is 3. The molecule has 0 aromatic heterocycles. The van der Waals surface area contributed by atoms with Gasteiger partial charge in [0.05, 0.1) is 23.5 Å². The molecule has 0 aliphatic rings. The molecule has 3 aromatic carbocycles. The minimum atomic E-state index is -4.86. The van der Waals surface area contributed by atoms with Crippen LogP contribution in [-0.2, 0) is 4.79 Å². The summed E-state index contributed by atoms with van der Waals surface area (Å²) in [5, 5.41) is 7.93. The normalized spacial score (nSPS) is 10.8. The molecule has 0 spiro atoms. The van der Waals surface area contributed by atoms with Crippen molar-refractivity contribution in [3.05, 3.63) is 84.4 Å². The Morgan fingerprint density at radius 3 is 2.10 bits per heavy atom. The van der Waals surface area contributed by atoms with Crippen molar-refractivity contribution in [3.8, 4) is 5.75 Å². The van der Waals surface area contributed by atoms with Gasteiger partial charge in [-0.3, -0.25) is 9.59 Å². The van der Waals surface area contributed by atoms with Crippen molar-refractivity contribution in [2.75, 3.05) is 22.5 Å². The van der Waals surface area contributed by atoms with E-state index in [1.807, 2.05) is 6.07 Å². The predicted molar refractivity (Wildman–Crippen MR) is 111 cm³/mol. The Bertz CT molecular complexity index is 1060. The number of hydrogen-bond donors (Lipinski definition) is 3. The summed E-state index contributed by atoms with van der Waals surface area (Å²) < 4.78 is 41.5. The van der Waals surface area contributed by atoms with Crippen LogP contribution < -0.4 is 20.7 Å². The first-order chi connectivity index (χ1) is 14.8. The molecule has 3 rings (SSSR count). The maximum atomic E-state index is 12.6. The van der Waals surface area contributed by atoms with Gasteiger partial charge < -0.3 is 20.7 Å². The molecule has 0 radical (unpaired) electrons. The third-order valence-corrected chi connectivity index (χ3v) is 4.03. The highest BCUT2D eigenvalue weighted by atomic mass is 19.4. The molecule has 0 saturated carbocycles. The van der Waals surface area contributed by atoms with E-state index in [1.54, 1.807) is 48.5 Å². The van der Waals surface area contributed by atoms with Crippen LogP contribution in [-0.4, -0.2) is 24.7 Å². The van der Waals surface area contributed by atoms with Gasteiger partial charge in [-0.25, -0.2) is 0 Å². The number of ether oxygens (including phenoxy) is 1. The van der Waals surface area contributed by atoms with Crippen molar-refractivity contribution < 1.29 is 27.5 Å². The summed E-state index contributed by atoms with van der Waals surface area (Å²) in [6.07, 6.45) is -4.86. The number of nitrogens with one attached hydrogen (secondary N) is 3. The molecule has 0 aliphatic carbocycles. The highest BCUT2D eigenvalue weighted by Crippen LogP contribution is 2.29. The quantitative estimate of drug-likeness (QED) is 0.500. The van der Waals surface area contributed by atoms with Gasteiger partial charge in [0.2, 0.25) is 5.91 Å². The fourth-order valence-corrected chi connectivity index (χ4v) is 2.71. The van der Waals surface area contributed by atoms with Gasteiger partial charge in [0.1, 0.15) is 0 Å². The monoisotopic (exact) mass is 429 g/mol. The van der Waals surface area contributed by atoms with E-state index in [9.17, 15) is 22.8 Å². The van der Waals surface area contributed by atoms with Gasteiger partial charge >= 0.3 is 6.36 Å². The van der Waals surface area contributed by atoms with E-state index in [-0.39, 0.29) is 23.5 Å². The maximum Gasteiger partial charge on any atom is 0.573 e. The largest absolute Gasteiger partial charge is 0.573 e. The fourth-order valence-electron chi connectivity index (χ4n) is 2.71. The van der Waals surface area contributed by atoms with Gasteiger partial charge in [-0.15, -0.1) is 13.2 Å². The minimum Gasteiger partial charge on any atom is -0.404 e. The zero-order valence-electron chi connectivity index (χ0n) is 16.1. The molecule has 6 nitrogen and oxygen atoms in total. The van der Waals surface area contributed by atoms with Gasteiger partial charge in [0, 0.05) is 5.69 Å². The lowest BCUT2D eigenvalue weighted by Gasteiger charge is -2.15. The van der Waals surface area contributed by atoms with Gasteiger partial charge in [0.15, 0.2) is 5.75 Å². The predicted octanol–water partition coefficient (Wildman–Crippen LogP) is 4.89. The molecule has 0 heterocycles. The van der Waals surface area contributed by atoms with Gasteiger partial charge in [-0.1, -0.05) is 42.5 Å². The summed E-state index contributed by atoms with van der Waals surface area (Å²) in [6, 6.07) is 20.6. The van der Waals surface area contributed by atoms with Crippen LogP contribution in [0.5, 0.6) is 5.75 Å². The van der Waals surface area contributed by atoms with Crippen molar-refractivity contribution in [2.45, 2.75) is 6.36 Å². The number of amides is 2. The molecule has 9 heteroatoms. The Balaban J connectivity index is 1.65. The molecular weight excluding hydrogens is 411 g/mol. The summed E-state index contributed by atoms with van der Waals surface area (Å²) in [6.45, 7) is -0.340.